The van der Waals surface area contributed by atoms with E-state index in [9.17, 15) is 9.90 Å². The molecule has 0 amide bonds. The summed E-state index contributed by atoms with van der Waals surface area (Å²) in [5.74, 6) is -1.08. The third-order valence-electron chi connectivity index (χ3n) is 3.42. The predicted molar refractivity (Wildman–Crippen MR) is 89.3 cm³/mol. The highest BCUT2D eigenvalue weighted by atomic mass is 16.4. The molecule has 0 fully saturated rings. The first-order valence-electron chi connectivity index (χ1n) is 7.07. The van der Waals surface area contributed by atoms with Gasteiger partial charge in [0, 0.05) is 11.1 Å². The van der Waals surface area contributed by atoms with E-state index in [2.05, 4.69) is 45.2 Å². The van der Waals surface area contributed by atoms with Gasteiger partial charge in [-0.2, -0.15) is 0 Å². The summed E-state index contributed by atoms with van der Waals surface area (Å²) in [6, 6.07) is 4.79. The zero-order valence-electron chi connectivity index (χ0n) is 13.0. The van der Waals surface area contributed by atoms with Gasteiger partial charge in [-0.05, 0) is 12.1 Å². The van der Waals surface area contributed by atoms with E-state index in [0.717, 1.165) is 0 Å². The number of aromatic nitrogens is 6. The summed E-state index contributed by atoms with van der Waals surface area (Å²) in [5, 5.41) is 24.8. The lowest BCUT2D eigenvalue weighted by Gasteiger charge is -2.12. The van der Waals surface area contributed by atoms with Crippen molar-refractivity contribution in [3.8, 4) is 0 Å². The summed E-state index contributed by atoms with van der Waals surface area (Å²) in [4.78, 5) is 11.6. The van der Waals surface area contributed by atoms with Gasteiger partial charge >= 0.3 is 5.97 Å². The number of nitrogens with zero attached hydrogens (tertiary/aromatic N) is 6. The van der Waals surface area contributed by atoms with Gasteiger partial charge in [-0.15, -0.1) is 21.7 Å². The number of hydrogen-bond acceptors (Lipinski definition) is 5. The SMILES string of the molecule is C=C=C(c1ccc(C(=O)O)c(C(=C=C)n2ccnn2)c1)n1ccnn1. The topological polar surface area (TPSA) is 98.7 Å². The van der Waals surface area contributed by atoms with Crippen LogP contribution in [-0.2, 0) is 0 Å². The van der Waals surface area contributed by atoms with Crippen LogP contribution < -0.4 is 0 Å². The Bertz CT molecular complexity index is 1020. The number of carboxylic acid groups (broad SMARTS) is 1. The van der Waals surface area contributed by atoms with Crippen molar-refractivity contribution in [3.05, 3.63) is 84.3 Å². The second-order valence-electron chi connectivity index (χ2n) is 4.81. The Labute approximate surface area is 142 Å². The highest BCUT2D eigenvalue weighted by Crippen LogP contribution is 2.25. The molecule has 0 aliphatic heterocycles. The number of rotatable bonds is 5. The van der Waals surface area contributed by atoms with Gasteiger partial charge in [-0.1, -0.05) is 29.7 Å². The lowest BCUT2D eigenvalue weighted by Crippen LogP contribution is -2.08. The van der Waals surface area contributed by atoms with E-state index < -0.39 is 5.97 Å². The number of carbonyl (C=O) groups is 1. The predicted octanol–water partition coefficient (Wildman–Crippen LogP) is 1.92. The fourth-order valence-electron chi connectivity index (χ4n) is 2.34. The van der Waals surface area contributed by atoms with Crippen LogP contribution in [0.4, 0.5) is 0 Å². The molecule has 0 aliphatic rings. The molecule has 8 heteroatoms. The minimum absolute atomic E-state index is 0.0763. The molecule has 3 rings (SSSR count). The summed E-state index contributed by atoms with van der Waals surface area (Å²) >= 11 is 0. The summed E-state index contributed by atoms with van der Waals surface area (Å²) in [6.07, 6.45) is 6.22. The standard InChI is InChI=1S/C17H12N6O2/c1-3-15(22-9-7-18-20-22)12-5-6-13(17(24)25)14(11-12)16(4-2)23-10-8-19-21-23/h5-11H,1-2H2,(H,24,25). The summed E-state index contributed by atoms with van der Waals surface area (Å²) in [5.41, 5.74) is 7.49. The van der Waals surface area contributed by atoms with Crippen LogP contribution >= 0.6 is 0 Å². The Morgan fingerprint density at radius 3 is 2.04 bits per heavy atom. The maximum atomic E-state index is 11.6. The molecule has 0 atom stereocenters. The molecular formula is C17H12N6O2. The normalized spacial score (nSPS) is 9.92. The van der Waals surface area contributed by atoms with Gasteiger partial charge < -0.3 is 5.11 Å². The maximum absolute atomic E-state index is 11.6. The molecule has 122 valence electrons. The van der Waals surface area contributed by atoms with Crippen LogP contribution in [-0.4, -0.2) is 41.1 Å². The zero-order chi connectivity index (χ0) is 17.8. The molecule has 2 heterocycles. The van der Waals surface area contributed by atoms with Crippen molar-refractivity contribution in [1.29, 1.82) is 0 Å². The molecule has 1 aromatic carbocycles. The molecule has 25 heavy (non-hydrogen) atoms. The third-order valence-corrected chi connectivity index (χ3v) is 3.42. The molecule has 0 saturated carbocycles. The van der Waals surface area contributed by atoms with Crippen molar-refractivity contribution in [2.75, 3.05) is 0 Å². The molecule has 2 aromatic heterocycles. The quantitative estimate of drug-likeness (QED) is 0.717. The first kappa shape index (κ1) is 15.9. The lowest BCUT2D eigenvalue weighted by molar-refractivity contribution is 0.0696. The van der Waals surface area contributed by atoms with Crippen molar-refractivity contribution in [2.45, 2.75) is 0 Å². The Morgan fingerprint density at radius 2 is 1.56 bits per heavy atom. The van der Waals surface area contributed by atoms with Crippen molar-refractivity contribution in [2.24, 2.45) is 0 Å². The van der Waals surface area contributed by atoms with Gasteiger partial charge in [0.05, 0.1) is 30.4 Å². The van der Waals surface area contributed by atoms with Gasteiger partial charge in [0.2, 0.25) is 0 Å². The summed E-state index contributed by atoms with van der Waals surface area (Å²) in [7, 11) is 0. The van der Waals surface area contributed by atoms with Gasteiger partial charge in [0.15, 0.2) is 0 Å². The van der Waals surface area contributed by atoms with Crippen LogP contribution in [0.2, 0.25) is 0 Å². The van der Waals surface area contributed by atoms with Crippen LogP contribution in [0, 0.1) is 0 Å². The van der Waals surface area contributed by atoms with Crippen molar-refractivity contribution in [3.63, 3.8) is 0 Å². The Kier molecular flexibility index (Phi) is 4.22. The third kappa shape index (κ3) is 2.94. The number of aromatic carboxylic acids is 1. The molecule has 3 aromatic rings. The number of hydrogen-bond donors (Lipinski definition) is 1. The van der Waals surface area contributed by atoms with Gasteiger partial charge in [-0.25, -0.2) is 14.2 Å². The monoisotopic (exact) mass is 332 g/mol. The molecule has 8 nitrogen and oxygen atoms in total. The lowest BCUT2D eigenvalue weighted by atomic mass is 10.00. The van der Waals surface area contributed by atoms with Gasteiger partial charge in [0.25, 0.3) is 0 Å². The summed E-state index contributed by atoms with van der Waals surface area (Å²) < 4.78 is 2.88. The van der Waals surface area contributed by atoms with E-state index in [0.29, 0.717) is 22.5 Å². The van der Waals surface area contributed by atoms with Gasteiger partial charge in [-0.3, -0.25) is 0 Å². The van der Waals surface area contributed by atoms with Crippen LogP contribution in [0.15, 0.2) is 67.6 Å². The van der Waals surface area contributed by atoms with E-state index in [1.54, 1.807) is 24.5 Å². The van der Waals surface area contributed by atoms with Crippen molar-refractivity contribution < 1.29 is 9.90 Å². The van der Waals surface area contributed by atoms with E-state index in [1.807, 2.05) is 0 Å². The molecule has 1 N–H and O–H groups in total. The van der Waals surface area contributed by atoms with E-state index in [4.69, 9.17) is 0 Å². The van der Waals surface area contributed by atoms with Crippen LogP contribution in [0.1, 0.15) is 21.5 Å². The van der Waals surface area contributed by atoms with Crippen molar-refractivity contribution >= 4 is 17.4 Å². The van der Waals surface area contributed by atoms with Crippen LogP contribution in [0.25, 0.3) is 11.4 Å². The molecule has 0 saturated heterocycles. The van der Waals surface area contributed by atoms with E-state index >= 15 is 0 Å². The first-order valence-corrected chi connectivity index (χ1v) is 7.07. The number of carboxylic acids is 1. The minimum Gasteiger partial charge on any atom is -0.478 e. The van der Waals surface area contributed by atoms with E-state index in [-0.39, 0.29) is 5.56 Å². The van der Waals surface area contributed by atoms with Gasteiger partial charge in [0.1, 0.15) is 11.4 Å². The second kappa shape index (κ2) is 6.64. The highest BCUT2D eigenvalue weighted by molar-refractivity contribution is 5.94. The largest absolute Gasteiger partial charge is 0.478 e. The fourth-order valence-corrected chi connectivity index (χ4v) is 2.34. The molecule has 0 radical (unpaired) electrons. The van der Waals surface area contributed by atoms with E-state index in [1.165, 1.54) is 27.8 Å². The van der Waals surface area contributed by atoms with Crippen LogP contribution in [0.3, 0.4) is 0 Å². The molecule has 0 unspecified atom stereocenters. The smallest absolute Gasteiger partial charge is 0.336 e. The minimum atomic E-state index is -1.08. The molecule has 0 spiro atoms. The summed E-state index contributed by atoms with van der Waals surface area (Å²) in [6.45, 7) is 7.30. The Hall–Kier alpha value is -3.99. The van der Waals surface area contributed by atoms with Crippen LogP contribution in [0.5, 0.6) is 0 Å². The Balaban J connectivity index is 2.21. The van der Waals surface area contributed by atoms with Crippen molar-refractivity contribution in [1.82, 2.24) is 30.0 Å². The maximum Gasteiger partial charge on any atom is 0.336 e. The number of benzene rings is 1. The Morgan fingerprint density at radius 1 is 0.960 bits per heavy atom. The molecular weight excluding hydrogens is 320 g/mol. The average molecular weight is 332 g/mol. The first-order chi connectivity index (χ1) is 12.2. The highest BCUT2D eigenvalue weighted by Gasteiger charge is 2.18. The molecule has 0 aliphatic carbocycles. The second-order valence-corrected chi connectivity index (χ2v) is 4.81. The average Bonchev–Trinajstić information content (AvgIpc) is 3.30. The fraction of sp³-hybridized carbons (Fsp3) is 0. The molecule has 0 bridgehead atoms. The zero-order valence-corrected chi connectivity index (χ0v) is 13.0.